The van der Waals surface area contributed by atoms with Crippen LogP contribution in [-0.2, 0) is 29.0 Å². The van der Waals surface area contributed by atoms with Gasteiger partial charge in [0.05, 0.1) is 17.7 Å². The van der Waals surface area contributed by atoms with Crippen LogP contribution in [0.4, 0.5) is 5.69 Å². The second kappa shape index (κ2) is 7.52. The average molecular weight is 357 g/mol. The molecule has 3 rings (SSSR count). The molecule has 1 aliphatic carbocycles. The molecule has 1 atom stereocenters. The van der Waals surface area contributed by atoms with E-state index in [0.29, 0.717) is 18.6 Å². The van der Waals surface area contributed by atoms with Crippen molar-refractivity contribution in [2.24, 2.45) is 5.92 Å². The van der Waals surface area contributed by atoms with E-state index in [4.69, 9.17) is 9.84 Å². The van der Waals surface area contributed by atoms with Crippen molar-refractivity contribution in [3.05, 3.63) is 39.5 Å². The second-order valence-corrected chi connectivity index (χ2v) is 7.16. The SMILES string of the molecule is CCc1c(C)c2c(c(NC)c1C/C=C1\CCCC1CC(=O)O)C(=O)OC2. The number of carbonyl (C=O) groups excluding carboxylic acids is 1. The third-order valence-corrected chi connectivity index (χ3v) is 5.81. The van der Waals surface area contributed by atoms with Crippen molar-refractivity contribution >= 4 is 17.6 Å². The first-order valence-electron chi connectivity index (χ1n) is 9.40. The number of anilines is 1. The van der Waals surface area contributed by atoms with Crippen molar-refractivity contribution in [2.45, 2.75) is 59.0 Å². The topological polar surface area (TPSA) is 75.6 Å². The molecular formula is C21H27NO4. The number of rotatable bonds is 6. The van der Waals surface area contributed by atoms with E-state index in [1.807, 2.05) is 7.05 Å². The Morgan fingerprint density at radius 1 is 1.38 bits per heavy atom. The molecule has 1 unspecified atom stereocenters. The normalized spacial score (nSPS) is 20.3. The number of ether oxygens (including phenoxy) is 1. The van der Waals surface area contributed by atoms with Crippen molar-refractivity contribution in [2.75, 3.05) is 12.4 Å². The molecule has 0 saturated heterocycles. The van der Waals surface area contributed by atoms with Crippen molar-refractivity contribution in [1.82, 2.24) is 0 Å². The van der Waals surface area contributed by atoms with Crippen molar-refractivity contribution in [3.63, 3.8) is 0 Å². The van der Waals surface area contributed by atoms with Gasteiger partial charge in [-0.2, -0.15) is 0 Å². The summed E-state index contributed by atoms with van der Waals surface area (Å²) in [4.78, 5) is 23.3. The van der Waals surface area contributed by atoms with Gasteiger partial charge in [-0.25, -0.2) is 4.79 Å². The lowest BCUT2D eigenvalue weighted by Gasteiger charge is -2.19. The second-order valence-electron chi connectivity index (χ2n) is 7.16. The maximum absolute atomic E-state index is 12.2. The number of aliphatic carboxylic acids is 1. The fraction of sp³-hybridized carbons (Fsp3) is 0.524. The Balaban J connectivity index is 2.01. The van der Waals surface area contributed by atoms with E-state index in [0.717, 1.165) is 48.1 Å². The average Bonchev–Trinajstić information content (AvgIpc) is 3.20. The number of carbonyl (C=O) groups is 2. The molecule has 1 saturated carbocycles. The maximum Gasteiger partial charge on any atom is 0.341 e. The summed E-state index contributed by atoms with van der Waals surface area (Å²) in [5.41, 5.74) is 7.33. The number of cyclic esters (lactones) is 1. The predicted molar refractivity (Wildman–Crippen MR) is 101 cm³/mol. The fourth-order valence-electron chi connectivity index (χ4n) is 4.53. The largest absolute Gasteiger partial charge is 0.481 e. The molecular weight excluding hydrogens is 330 g/mol. The lowest BCUT2D eigenvalue weighted by molar-refractivity contribution is -0.137. The van der Waals surface area contributed by atoms with E-state index in [-0.39, 0.29) is 18.3 Å². The van der Waals surface area contributed by atoms with Gasteiger partial charge in [0.15, 0.2) is 0 Å². The summed E-state index contributed by atoms with van der Waals surface area (Å²) in [6, 6.07) is 0. The van der Waals surface area contributed by atoms with Crippen LogP contribution >= 0.6 is 0 Å². The molecule has 1 aromatic carbocycles. The number of fused-ring (bicyclic) bond motifs is 1. The Kier molecular flexibility index (Phi) is 5.35. The lowest BCUT2D eigenvalue weighted by atomic mass is 9.87. The van der Waals surface area contributed by atoms with Crippen molar-refractivity contribution in [1.29, 1.82) is 0 Å². The highest BCUT2D eigenvalue weighted by Crippen LogP contribution is 2.39. The van der Waals surface area contributed by atoms with Gasteiger partial charge in [0.2, 0.25) is 0 Å². The van der Waals surface area contributed by atoms with Gasteiger partial charge in [-0.15, -0.1) is 0 Å². The van der Waals surface area contributed by atoms with Gasteiger partial charge in [0.1, 0.15) is 6.61 Å². The molecule has 26 heavy (non-hydrogen) atoms. The molecule has 140 valence electrons. The van der Waals surface area contributed by atoms with E-state index in [1.165, 1.54) is 11.1 Å². The molecule has 1 fully saturated rings. The van der Waals surface area contributed by atoms with Gasteiger partial charge in [-0.3, -0.25) is 4.79 Å². The highest BCUT2D eigenvalue weighted by Gasteiger charge is 2.30. The van der Waals surface area contributed by atoms with Crippen molar-refractivity contribution < 1.29 is 19.4 Å². The highest BCUT2D eigenvalue weighted by molar-refractivity contribution is 6.01. The van der Waals surface area contributed by atoms with Crippen LogP contribution in [0.1, 0.15) is 65.2 Å². The van der Waals surface area contributed by atoms with Crippen LogP contribution < -0.4 is 5.32 Å². The number of hydrogen-bond donors (Lipinski definition) is 2. The predicted octanol–water partition coefficient (Wildman–Crippen LogP) is 4.01. The number of esters is 1. The standard InChI is InChI=1S/C21H27NO4/c1-4-15-12(2)17-11-26-21(25)19(17)20(22-3)16(15)9-8-13-6-5-7-14(13)10-18(23)24/h8,14,22H,4-7,9-11H2,1-3H3,(H,23,24)/b13-8+. The van der Waals surface area contributed by atoms with Crippen LogP contribution in [0.3, 0.4) is 0 Å². The van der Waals surface area contributed by atoms with E-state index in [2.05, 4.69) is 25.2 Å². The first-order chi connectivity index (χ1) is 12.5. The van der Waals surface area contributed by atoms with Gasteiger partial charge in [0, 0.05) is 12.6 Å². The highest BCUT2D eigenvalue weighted by atomic mass is 16.5. The Labute approximate surface area is 154 Å². The molecule has 1 heterocycles. The number of nitrogens with one attached hydrogen (secondary N) is 1. The van der Waals surface area contributed by atoms with Crippen LogP contribution in [0, 0.1) is 12.8 Å². The third kappa shape index (κ3) is 3.22. The van der Waals surface area contributed by atoms with Gasteiger partial charge in [0.25, 0.3) is 0 Å². The summed E-state index contributed by atoms with van der Waals surface area (Å²) in [5.74, 6) is -0.839. The number of hydrogen-bond acceptors (Lipinski definition) is 4. The van der Waals surface area contributed by atoms with Crippen molar-refractivity contribution in [3.8, 4) is 0 Å². The smallest absolute Gasteiger partial charge is 0.341 e. The molecule has 0 amide bonds. The Hall–Kier alpha value is -2.30. The van der Waals surface area contributed by atoms with Gasteiger partial charge in [-0.1, -0.05) is 18.6 Å². The minimum absolute atomic E-state index is 0.149. The third-order valence-electron chi connectivity index (χ3n) is 5.81. The zero-order valence-electron chi connectivity index (χ0n) is 15.8. The number of carboxylic acid groups (broad SMARTS) is 1. The molecule has 2 aliphatic rings. The minimum Gasteiger partial charge on any atom is -0.481 e. The molecule has 0 bridgehead atoms. The van der Waals surface area contributed by atoms with E-state index < -0.39 is 5.97 Å². The van der Waals surface area contributed by atoms with Crippen LogP contribution in [0.15, 0.2) is 11.6 Å². The molecule has 2 N–H and O–H groups in total. The molecule has 1 aromatic rings. The molecule has 5 heteroatoms. The zero-order chi connectivity index (χ0) is 18.8. The first kappa shape index (κ1) is 18.5. The number of allylic oxidation sites excluding steroid dienone is 2. The Bertz CT molecular complexity index is 779. The molecule has 0 aromatic heterocycles. The zero-order valence-corrected chi connectivity index (χ0v) is 15.8. The number of benzene rings is 1. The molecule has 5 nitrogen and oxygen atoms in total. The summed E-state index contributed by atoms with van der Waals surface area (Å²) in [6.45, 7) is 4.55. The molecule has 0 radical (unpaired) electrons. The van der Waals surface area contributed by atoms with Crippen LogP contribution in [0.2, 0.25) is 0 Å². The van der Waals surface area contributed by atoms with Gasteiger partial charge >= 0.3 is 11.9 Å². The monoisotopic (exact) mass is 357 g/mol. The Morgan fingerprint density at radius 2 is 2.15 bits per heavy atom. The minimum atomic E-state index is -0.732. The molecule has 0 spiro atoms. The van der Waals surface area contributed by atoms with Crippen LogP contribution in [0.5, 0.6) is 0 Å². The summed E-state index contributed by atoms with van der Waals surface area (Å²) < 4.78 is 5.28. The van der Waals surface area contributed by atoms with Gasteiger partial charge in [-0.05, 0) is 61.6 Å². The lowest BCUT2D eigenvalue weighted by Crippen LogP contribution is -2.10. The van der Waals surface area contributed by atoms with E-state index >= 15 is 0 Å². The van der Waals surface area contributed by atoms with Gasteiger partial charge < -0.3 is 15.2 Å². The van der Waals surface area contributed by atoms with E-state index in [1.54, 1.807) is 0 Å². The summed E-state index contributed by atoms with van der Waals surface area (Å²) in [6.07, 6.45) is 6.99. The fourth-order valence-corrected chi connectivity index (χ4v) is 4.53. The Morgan fingerprint density at radius 3 is 2.81 bits per heavy atom. The number of carboxylic acids is 1. The van der Waals surface area contributed by atoms with E-state index in [9.17, 15) is 9.59 Å². The van der Waals surface area contributed by atoms with Crippen LogP contribution in [-0.4, -0.2) is 24.1 Å². The maximum atomic E-state index is 12.2. The first-order valence-corrected chi connectivity index (χ1v) is 9.40. The molecule has 1 aliphatic heterocycles. The summed E-state index contributed by atoms with van der Waals surface area (Å²) >= 11 is 0. The quantitative estimate of drug-likeness (QED) is 0.594. The summed E-state index contributed by atoms with van der Waals surface area (Å²) in [7, 11) is 1.84. The van der Waals surface area contributed by atoms with Crippen LogP contribution in [0.25, 0.3) is 0 Å². The summed E-state index contributed by atoms with van der Waals surface area (Å²) in [5, 5.41) is 12.3.